The molecule has 0 aliphatic rings. The van der Waals surface area contributed by atoms with Crippen LogP contribution >= 0.6 is 0 Å². The largest absolute Gasteiger partial charge is 0.494 e. The summed E-state index contributed by atoms with van der Waals surface area (Å²) in [5.74, 6) is 0.984. The maximum Gasteiger partial charge on any atom is 0.119 e. The third-order valence-corrected chi connectivity index (χ3v) is 3.01. The van der Waals surface area contributed by atoms with Gasteiger partial charge in [0.2, 0.25) is 0 Å². The zero-order valence-electron chi connectivity index (χ0n) is 12.0. The molecule has 2 heteroatoms. The van der Waals surface area contributed by atoms with E-state index >= 15 is 0 Å². The lowest BCUT2D eigenvalue weighted by Crippen LogP contribution is -2.27. The summed E-state index contributed by atoms with van der Waals surface area (Å²) in [6.45, 7) is 8.50. The van der Waals surface area contributed by atoms with Crippen LogP contribution in [0.4, 0.5) is 0 Å². The summed E-state index contributed by atoms with van der Waals surface area (Å²) in [7, 11) is 0. The third-order valence-electron chi connectivity index (χ3n) is 3.01. The maximum absolute atomic E-state index is 5.58. The van der Waals surface area contributed by atoms with E-state index < -0.39 is 0 Å². The molecule has 0 saturated heterocycles. The van der Waals surface area contributed by atoms with Crippen LogP contribution in [0.25, 0.3) is 0 Å². The number of aryl methyl sites for hydroxylation is 1. The molecule has 0 fully saturated rings. The summed E-state index contributed by atoms with van der Waals surface area (Å²) in [5, 5.41) is 3.52. The average Bonchev–Trinajstić information content (AvgIpc) is 2.41. The van der Waals surface area contributed by atoms with Crippen molar-refractivity contribution in [2.75, 3.05) is 13.2 Å². The third kappa shape index (κ3) is 6.06. The monoisotopic (exact) mass is 249 g/mol. The lowest BCUT2D eigenvalue weighted by molar-refractivity contribution is 0.317. The molecule has 0 amide bonds. The fraction of sp³-hybridized carbons (Fsp3) is 0.625. The maximum atomic E-state index is 5.58. The molecule has 2 nitrogen and oxygen atoms in total. The van der Waals surface area contributed by atoms with E-state index in [-0.39, 0.29) is 0 Å². The van der Waals surface area contributed by atoms with Gasteiger partial charge in [-0.3, -0.25) is 0 Å². The van der Waals surface area contributed by atoms with Crippen molar-refractivity contribution in [2.24, 2.45) is 0 Å². The van der Waals surface area contributed by atoms with Crippen molar-refractivity contribution in [1.29, 1.82) is 0 Å². The van der Waals surface area contributed by atoms with Crippen molar-refractivity contribution in [2.45, 2.75) is 52.5 Å². The fourth-order valence-corrected chi connectivity index (χ4v) is 1.85. The van der Waals surface area contributed by atoms with E-state index in [1.807, 2.05) is 0 Å². The highest BCUT2D eigenvalue weighted by Crippen LogP contribution is 2.14. The Balaban J connectivity index is 2.30. The van der Waals surface area contributed by atoms with Crippen molar-refractivity contribution < 1.29 is 4.74 Å². The molecule has 0 saturated carbocycles. The van der Waals surface area contributed by atoms with Crippen LogP contribution in [0, 0.1) is 0 Å². The average molecular weight is 249 g/mol. The summed E-state index contributed by atoms with van der Waals surface area (Å²) >= 11 is 0. The van der Waals surface area contributed by atoms with Gasteiger partial charge in [-0.1, -0.05) is 26.0 Å². The first-order valence-electron chi connectivity index (χ1n) is 7.21. The number of ether oxygens (including phenoxy) is 1. The van der Waals surface area contributed by atoms with Gasteiger partial charge < -0.3 is 10.1 Å². The van der Waals surface area contributed by atoms with Crippen LogP contribution in [-0.2, 0) is 6.42 Å². The zero-order valence-corrected chi connectivity index (χ0v) is 12.0. The summed E-state index contributed by atoms with van der Waals surface area (Å²) < 4.78 is 5.58. The van der Waals surface area contributed by atoms with E-state index in [0.717, 1.165) is 31.7 Å². The summed E-state index contributed by atoms with van der Waals surface area (Å²) in [6, 6.07) is 9.11. The fourth-order valence-electron chi connectivity index (χ4n) is 1.85. The van der Waals surface area contributed by atoms with Crippen LogP contribution in [0.15, 0.2) is 24.3 Å². The summed E-state index contributed by atoms with van der Waals surface area (Å²) in [4.78, 5) is 0. The van der Waals surface area contributed by atoms with Gasteiger partial charge in [0.15, 0.2) is 0 Å². The molecule has 0 aliphatic carbocycles. The summed E-state index contributed by atoms with van der Waals surface area (Å²) in [6.07, 6.45) is 4.58. The highest BCUT2D eigenvalue weighted by molar-refractivity contribution is 5.27. The number of hydrogen-bond acceptors (Lipinski definition) is 2. The molecular formula is C16H27NO. The molecule has 0 spiro atoms. The number of rotatable bonds is 9. The predicted molar refractivity (Wildman–Crippen MR) is 78.3 cm³/mol. The molecule has 1 atom stereocenters. The van der Waals surface area contributed by atoms with Gasteiger partial charge in [-0.15, -0.1) is 0 Å². The Morgan fingerprint density at radius 2 is 1.83 bits per heavy atom. The Morgan fingerprint density at radius 3 is 2.44 bits per heavy atom. The van der Waals surface area contributed by atoms with Gasteiger partial charge in [0.1, 0.15) is 5.75 Å². The molecule has 0 heterocycles. The quantitative estimate of drug-likeness (QED) is 0.719. The Hall–Kier alpha value is -1.02. The van der Waals surface area contributed by atoms with E-state index in [4.69, 9.17) is 4.74 Å². The molecule has 0 aromatic heterocycles. The van der Waals surface area contributed by atoms with Gasteiger partial charge in [-0.25, -0.2) is 0 Å². The SMILES string of the molecule is CCCNC(C)CCc1ccc(OCCC)cc1. The van der Waals surface area contributed by atoms with Gasteiger partial charge in [0.25, 0.3) is 0 Å². The predicted octanol–water partition coefficient (Wildman–Crippen LogP) is 3.80. The Bertz CT molecular complexity index is 307. The lowest BCUT2D eigenvalue weighted by Gasteiger charge is -2.13. The molecule has 0 radical (unpaired) electrons. The van der Waals surface area contributed by atoms with Crippen molar-refractivity contribution in [3.05, 3.63) is 29.8 Å². The smallest absolute Gasteiger partial charge is 0.119 e. The molecule has 18 heavy (non-hydrogen) atoms. The topological polar surface area (TPSA) is 21.3 Å². The highest BCUT2D eigenvalue weighted by Gasteiger charge is 2.01. The summed E-state index contributed by atoms with van der Waals surface area (Å²) in [5.41, 5.74) is 1.39. The van der Waals surface area contributed by atoms with E-state index in [2.05, 4.69) is 50.4 Å². The number of benzene rings is 1. The van der Waals surface area contributed by atoms with Gasteiger partial charge in [-0.2, -0.15) is 0 Å². The Labute approximate surface area is 112 Å². The van der Waals surface area contributed by atoms with Crippen molar-refractivity contribution >= 4 is 0 Å². The second-order valence-corrected chi connectivity index (χ2v) is 4.89. The van der Waals surface area contributed by atoms with Gasteiger partial charge in [0, 0.05) is 6.04 Å². The second kappa shape index (κ2) is 8.98. The first-order chi connectivity index (χ1) is 8.76. The molecule has 102 valence electrons. The minimum absolute atomic E-state index is 0.598. The molecule has 1 aromatic carbocycles. The lowest BCUT2D eigenvalue weighted by atomic mass is 10.1. The molecule has 0 aliphatic heterocycles. The van der Waals surface area contributed by atoms with Crippen molar-refractivity contribution in [1.82, 2.24) is 5.32 Å². The normalized spacial score (nSPS) is 12.4. The first-order valence-corrected chi connectivity index (χ1v) is 7.21. The first kappa shape index (κ1) is 15.0. The minimum Gasteiger partial charge on any atom is -0.494 e. The standard InChI is InChI=1S/C16H27NO/c1-4-12-17-14(3)6-7-15-8-10-16(11-9-15)18-13-5-2/h8-11,14,17H,4-7,12-13H2,1-3H3. The number of hydrogen-bond donors (Lipinski definition) is 1. The molecule has 1 rings (SSSR count). The Kier molecular flexibility index (Phi) is 7.51. The minimum atomic E-state index is 0.598. The van der Waals surface area contributed by atoms with Gasteiger partial charge in [0.05, 0.1) is 6.61 Å². The highest BCUT2D eigenvalue weighted by atomic mass is 16.5. The molecular weight excluding hydrogens is 222 g/mol. The molecule has 1 unspecified atom stereocenters. The van der Waals surface area contributed by atoms with Crippen molar-refractivity contribution in [3.8, 4) is 5.75 Å². The van der Waals surface area contributed by atoms with Crippen LogP contribution in [-0.4, -0.2) is 19.2 Å². The van der Waals surface area contributed by atoms with E-state index in [1.54, 1.807) is 0 Å². The van der Waals surface area contributed by atoms with Crippen molar-refractivity contribution in [3.63, 3.8) is 0 Å². The van der Waals surface area contributed by atoms with E-state index in [0.29, 0.717) is 6.04 Å². The van der Waals surface area contributed by atoms with E-state index in [1.165, 1.54) is 18.4 Å². The number of nitrogens with one attached hydrogen (secondary N) is 1. The molecule has 1 aromatic rings. The van der Waals surface area contributed by atoms with Crippen LogP contribution in [0.2, 0.25) is 0 Å². The zero-order chi connectivity index (χ0) is 13.2. The Morgan fingerprint density at radius 1 is 1.11 bits per heavy atom. The van der Waals surface area contributed by atoms with Crippen LogP contribution < -0.4 is 10.1 Å². The van der Waals surface area contributed by atoms with Gasteiger partial charge >= 0.3 is 0 Å². The van der Waals surface area contributed by atoms with Crippen LogP contribution in [0.5, 0.6) is 5.75 Å². The molecule has 0 bridgehead atoms. The van der Waals surface area contributed by atoms with Crippen LogP contribution in [0.1, 0.15) is 45.6 Å². The van der Waals surface area contributed by atoms with Gasteiger partial charge in [-0.05, 0) is 56.8 Å². The van der Waals surface area contributed by atoms with Crippen LogP contribution in [0.3, 0.4) is 0 Å². The van der Waals surface area contributed by atoms with E-state index in [9.17, 15) is 0 Å². The molecule has 1 N–H and O–H groups in total. The second-order valence-electron chi connectivity index (χ2n) is 4.89.